The average Bonchev–Trinajstić information content (AvgIpc) is 2.96. The highest BCUT2D eigenvalue weighted by Gasteiger charge is 2.04. The minimum Gasteiger partial charge on any atom is -0.493 e. The number of hydrogen-bond donors (Lipinski definition) is 1. The standard InChI is InChI=1S/C17H20Cl2N2O2S/c1-12-11-24-17(21-12)4-2-3-8-20-16(22)7-9-23-13-5-6-14(18)15(19)10-13/h5-6,10-11H,2-4,7-9H2,1H3,(H,20,22). The molecule has 0 saturated carbocycles. The first kappa shape index (κ1) is 19.0. The van der Waals surface area contributed by atoms with Crippen molar-refractivity contribution >= 4 is 40.4 Å². The van der Waals surface area contributed by atoms with E-state index in [1.54, 1.807) is 29.5 Å². The SMILES string of the molecule is Cc1csc(CCCCNC(=O)CCOc2ccc(Cl)c(Cl)c2)n1. The Kier molecular flexibility index (Phi) is 7.82. The number of nitrogens with zero attached hydrogens (tertiary/aromatic N) is 1. The number of benzene rings is 1. The predicted molar refractivity (Wildman–Crippen MR) is 99.4 cm³/mol. The first-order chi connectivity index (χ1) is 11.5. The molecular weight excluding hydrogens is 367 g/mol. The molecular formula is C17H20Cl2N2O2S. The summed E-state index contributed by atoms with van der Waals surface area (Å²) in [7, 11) is 0. The topological polar surface area (TPSA) is 51.2 Å². The van der Waals surface area contributed by atoms with Crippen LogP contribution in [-0.4, -0.2) is 24.0 Å². The number of halogens is 2. The van der Waals surface area contributed by atoms with E-state index in [-0.39, 0.29) is 5.91 Å². The molecule has 1 aromatic carbocycles. The zero-order valence-corrected chi connectivity index (χ0v) is 15.8. The number of rotatable bonds is 9. The third kappa shape index (κ3) is 6.67. The van der Waals surface area contributed by atoms with Gasteiger partial charge in [-0.2, -0.15) is 0 Å². The summed E-state index contributed by atoms with van der Waals surface area (Å²) in [5.74, 6) is 0.594. The Morgan fingerprint density at radius 2 is 2.12 bits per heavy atom. The Morgan fingerprint density at radius 3 is 2.83 bits per heavy atom. The largest absolute Gasteiger partial charge is 0.493 e. The van der Waals surface area contributed by atoms with Gasteiger partial charge in [-0.1, -0.05) is 23.2 Å². The van der Waals surface area contributed by atoms with Crippen LogP contribution in [0.15, 0.2) is 23.6 Å². The van der Waals surface area contributed by atoms with Crippen molar-refractivity contribution in [3.63, 3.8) is 0 Å². The van der Waals surface area contributed by atoms with Gasteiger partial charge in [0.15, 0.2) is 0 Å². The molecule has 0 bridgehead atoms. The summed E-state index contributed by atoms with van der Waals surface area (Å²) in [5, 5.41) is 7.04. The summed E-state index contributed by atoms with van der Waals surface area (Å²) in [6.45, 7) is 2.98. The summed E-state index contributed by atoms with van der Waals surface area (Å²) in [6, 6.07) is 5.04. The number of thiazole rings is 1. The van der Waals surface area contributed by atoms with Crippen molar-refractivity contribution in [1.29, 1.82) is 0 Å². The molecule has 1 aromatic heterocycles. The maximum Gasteiger partial charge on any atom is 0.223 e. The number of ether oxygens (including phenoxy) is 1. The third-order valence-corrected chi connectivity index (χ3v) is 5.06. The van der Waals surface area contributed by atoms with Gasteiger partial charge in [-0.05, 0) is 38.3 Å². The molecule has 4 nitrogen and oxygen atoms in total. The molecule has 0 spiro atoms. The Morgan fingerprint density at radius 1 is 1.29 bits per heavy atom. The lowest BCUT2D eigenvalue weighted by Crippen LogP contribution is -2.25. The van der Waals surface area contributed by atoms with Crippen LogP contribution in [0.2, 0.25) is 10.0 Å². The fourth-order valence-corrected chi connectivity index (χ4v) is 3.17. The summed E-state index contributed by atoms with van der Waals surface area (Å²) >= 11 is 13.4. The minimum absolute atomic E-state index is 0.0137. The number of nitrogens with one attached hydrogen (secondary N) is 1. The zero-order valence-electron chi connectivity index (χ0n) is 13.5. The van der Waals surface area contributed by atoms with Crippen LogP contribution in [0.4, 0.5) is 0 Å². The van der Waals surface area contributed by atoms with Gasteiger partial charge >= 0.3 is 0 Å². The number of hydrogen-bond acceptors (Lipinski definition) is 4. The van der Waals surface area contributed by atoms with Crippen molar-refractivity contribution in [2.24, 2.45) is 0 Å². The quantitative estimate of drug-likeness (QED) is 0.637. The fraction of sp³-hybridized carbons (Fsp3) is 0.412. The molecule has 0 fully saturated rings. The van der Waals surface area contributed by atoms with Gasteiger partial charge in [0.25, 0.3) is 0 Å². The van der Waals surface area contributed by atoms with Gasteiger partial charge in [0.1, 0.15) is 5.75 Å². The normalized spacial score (nSPS) is 10.6. The van der Waals surface area contributed by atoms with E-state index in [4.69, 9.17) is 27.9 Å². The van der Waals surface area contributed by atoms with Crippen molar-refractivity contribution < 1.29 is 9.53 Å². The van der Waals surface area contributed by atoms with Crippen molar-refractivity contribution in [3.8, 4) is 5.75 Å². The van der Waals surface area contributed by atoms with Gasteiger partial charge in [-0.3, -0.25) is 4.79 Å². The van der Waals surface area contributed by atoms with E-state index >= 15 is 0 Å². The highest BCUT2D eigenvalue weighted by molar-refractivity contribution is 7.09. The number of carbonyl (C=O) groups excluding carboxylic acids is 1. The summed E-state index contributed by atoms with van der Waals surface area (Å²) in [4.78, 5) is 16.2. The molecule has 0 saturated heterocycles. The average molecular weight is 387 g/mol. The van der Waals surface area contributed by atoms with E-state index in [1.165, 1.54) is 0 Å². The number of carbonyl (C=O) groups is 1. The second-order valence-corrected chi connectivity index (χ2v) is 7.12. The lowest BCUT2D eigenvalue weighted by atomic mass is 10.2. The van der Waals surface area contributed by atoms with E-state index in [0.29, 0.717) is 35.4 Å². The molecule has 0 aliphatic rings. The molecule has 2 aromatic rings. The third-order valence-electron chi connectivity index (χ3n) is 3.30. The summed E-state index contributed by atoms with van der Waals surface area (Å²) < 4.78 is 5.49. The predicted octanol–water partition coefficient (Wildman–Crippen LogP) is 4.67. The van der Waals surface area contributed by atoms with Crippen LogP contribution in [0.1, 0.15) is 30.0 Å². The zero-order chi connectivity index (χ0) is 17.4. The number of unbranched alkanes of at least 4 members (excludes halogenated alkanes) is 1. The molecule has 1 amide bonds. The van der Waals surface area contributed by atoms with Crippen LogP contribution >= 0.6 is 34.5 Å². The van der Waals surface area contributed by atoms with Gasteiger partial charge in [-0.25, -0.2) is 4.98 Å². The Bertz CT molecular complexity index is 676. The summed E-state index contributed by atoms with van der Waals surface area (Å²) in [6.07, 6.45) is 3.24. The molecule has 1 N–H and O–H groups in total. The van der Waals surface area contributed by atoms with Crippen LogP contribution in [0, 0.1) is 6.92 Å². The maximum absolute atomic E-state index is 11.7. The van der Waals surface area contributed by atoms with E-state index in [9.17, 15) is 4.79 Å². The van der Waals surface area contributed by atoms with E-state index in [0.717, 1.165) is 30.0 Å². The molecule has 0 unspecified atom stereocenters. The first-order valence-corrected chi connectivity index (χ1v) is 9.43. The van der Waals surface area contributed by atoms with Crippen molar-refractivity contribution in [1.82, 2.24) is 10.3 Å². The lowest BCUT2D eigenvalue weighted by molar-refractivity contribution is -0.121. The highest BCUT2D eigenvalue weighted by Crippen LogP contribution is 2.26. The molecule has 0 radical (unpaired) electrons. The first-order valence-electron chi connectivity index (χ1n) is 7.80. The molecule has 0 aliphatic heterocycles. The Hall–Kier alpha value is -1.30. The second-order valence-electron chi connectivity index (χ2n) is 5.36. The minimum atomic E-state index is -0.0137. The van der Waals surface area contributed by atoms with Gasteiger partial charge < -0.3 is 10.1 Å². The molecule has 24 heavy (non-hydrogen) atoms. The van der Waals surface area contributed by atoms with Crippen molar-refractivity contribution in [2.45, 2.75) is 32.6 Å². The van der Waals surface area contributed by atoms with Gasteiger partial charge in [-0.15, -0.1) is 11.3 Å². The summed E-state index contributed by atoms with van der Waals surface area (Å²) in [5.41, 5.74) is 1.07. The maximum atomic E-state index is 11.7. The molecule has 0 aliphatic carbocycles. The van der Waals surface area contributed by atoms with Gasteiger partial charge in [0.05, 0.1) is 28.1 Å². The van der Waals surface area contributed by atoms with Crippen molar-refractivity contribution in [2.75, 3.05) is 13.2 Å². The molecule has 130 valence electrons. The fourth-order valence-electron chi connectivity index (χ4n) is 2.06. The molecule has 0 atom stereocenters. The highest BCUT2D eigenvalue weighted by atomic mass is 35.5. The van der Waals surface area contributed by atoms with Crippen LogP contribution in [0.3, 0.4) is 0 Å². The van der Waals surface area contributed by atoms with Gasteiger partial charge in [0, 0.05) is 23.7 Å². The van der Waals surface area contributed by atoms with Crippen LogP contribution in [0.25, 0.3) is 0 Å². The van der Waals surface area contributed by atoms with Crippen LogP contribution in [-0.2, 0) is 11.2 Å². The lowest BCUT2D eigenvalue weighted by Gasteiger charge is -2.08. The Balaban J connectivity index is 1.54. The Labute approximate surface area is 156 Å². The number of amides is 1. The van der Waals surface area contributed by atoms with E-state index < -0.39 is 0 Å². The smallest absolute Gasteiger partial charge is 0.223 e. The molecule has 2 rings (SSSR count). The monoisotopic (exact) mass is 386 g/mol. The van der Waals surface area contributed by atoms with Crippen LogP contribution < -0.4 is 10.1 Å². The van der Waals surface area contributed by atoms with E-state index in [2.05, 4.69) is 15.7 Å². The number of aromatic nitrogens is 1. The van der Waals surface area contributed by atoms with Gasteiger partial charge in [0.2, 0.25) is 5.91 Å². The molecule has 7 heteroatoms. The molecule has 1 heterocycles. The second kappa shape index (κ2) is 9.87. The number of aryl methyl sites for hydroxylation is 2. The van der Waals surface area contributed by atoms with E-state index in [1.807, 2.05) is 6.92 Å². The van der Waals surface area contributed by atoms with Crippen LogP contribution in [0.5, 0.6) is 5.75 Å². The van der Waals surface area contributed by atoms with Crippen molar-refractivity contribution in [3.05, 3.63) is 44.3 Å².